The van der Waals surface area contributed by atoms with Crippen LogP contribution in [0.5, 0.6) is 0 Å². The van der Waals surface area contributed by atoms with Crippen LogP contribution in [0.25, 0.3) is 5.57 Å². The number of amidine groups is 1. The molecule has 4 heterocycles. The van der Waals surface area contributed by atoms with Crippen LogP contribution in [0.1, 0.15) is 37.4 Å². The fourth-order valence-electron chi connectivity index (χ4n) is 3.74. The number of hydrogen-bond donors (Lipinski definition) is 3. The molecule has 0 aromatic carbocycles. The van der Waals surface area contributed by atoms with Gasteiger partial charge in [-0.1, -0.05) is 0 Å². The molecule has 0 spiro atoms. The van der Waals surface area contributed by atoms with Crippen LogP contribution in [-0.4, -0.2) is 71.6 Å². The first kappa shape index (κ1) is 23.1. The van der Waals surface area contributed by atoms with Gasteiger partial charge in [0.25, 0.3) is 0 Å². The molecule has 1 aliphatic carbocycles. The first-order valence-corrected chi connectivity index (χ1v) is 10.3. The molecule has 3 saturated heterocycles. The zero-order valence-electron chi connectivity index (χ0n) is 17.8. The van der Waals surface area contributed by atoms with E-state index in [1.807, 2.05) is 11.8 Å². The van der Waals surface area contributed by atoms with E-state index < -0.39 is 6.80 Å². The Balaban J connectivity index is 0.000000416. The van der Waals surface area contributed by atoms with E-state index in [0.29, 0.717) is 35.8 Å². The van der Waals surface area contributed by atoms with Gasteiger partial charge in [-0.15, -0.1) is 4.48 Å². The van der Waals surface area contributed by atoms with Crippen LogP contribution in [0.3, 0.4) is 0 Å². The Hall–Kier alpha value is -3.55. The molecule has 11 heteroatoms. The summed E-state index contributed by atoms with van der Waals surface area (Å²) in [5.74, 6) is 0.571. The highest BCUT2D eigenvalue weighted by atomic mass is 19.2. The molecule has 170 valence electrons. The third-order valence-electron chi connectivity index (χ3n) is 5.89. The number of alkyl halides is 1. The van der Waals surface area contributed by atoms with Crippen molar-refractivity contribution in [1.82, 2.24) is 20.3 Å². The highest BCUT2D eigenvalue weighted by Crippen LogP contribution is 2.43. The Morgan fingerprint density at radius 1 is 1.47 bits per heavy atom. The van der Waals surface area contributed by atoms with Gasteiger partial charge in [-0.2, -0.15) is 5.26 Å². The van der Waals surface area contributed by atoms with E-state index in [0.717, 1.165) is 38.2 Å². The van der Waals surface area contributed by atoms with E-state index in [-0.39, 0.29) is 17.5 Å². The van der Waals surface area contributed by atoms with Gasteiger partial charge >= 0.3 is 0 Å². The minimum Gasteiger partial charge on any atom is -0.358 e. The zero-order valence-corrected chi connectivity index (χ0v) is 17.8. The van der Waals surface area contributed by atoms with Crippen LogP contribution < -0.4 is 5.54 Å². The minimum atomic E-state index is -0.898. The fourth-order valence-corrected chi connectivity index (χ4v) is 3.74. The number of amides is 1. The summed E-state index contributed by atoms with van der Waals surface area (Å²) in [6.07, 6.45) is 8.96. The van der Waals surface area contributed by atoms with Crippen molar-refractivity contribution in [2.24, 2.45) is 15.4 Å². The van der Waals surface area contributed by atoms with Crippen LogP contribution in [0, 0.1) is 22.2 Å². The molecule has 1 aromatic rings. The van der Waals surface area contributed by atoms with E-state index >= 15 is 0 Å². The number of hydrogen-bond acceptors (Lipinski definition) is 5. The van der Waals surface area contributed by atoms with E-state index in [1.54, 1.807) is 17.2 Å². The molecule has 2 bridgehead atoms. The van der Waals surface area contributed by atoms with Gasteiger partial charge in [-0.3, -0.25) is 15.2 Å². The quantitative estimate of drug-likeness (QED) is 0.196. The minimum absolute atomic E-state index is 0.0972. The maximum atomic E-state index is 12.5. The van der Waals surface area contributed by atoms with Crippen molar-refractivity contribution in [3.05, 3.63) is 29.7 Å². The van der Waals surface area contributed by atoms with Crippen LogP contribution >= 0.6 is 0 Å². The molecule has 1 aromatic heterocycles. The number of piperazine rings is 1. The summed E-state index contributed by atoms with van der Waals surface area (Å²) in [5, 5.41) is 15.5. The summed E-state index contributed by atoms with van der Waals surface area (Å²) >= 11 is 0. The summed E-state index contributed by atoms with van der Waals surface area (Å²) in [6, 6.07) is 4.25. The number of carbonyl (C=O) groups is 1. The maximum absolute atomic E-state index is 12.5. The van der Waals surface area contributed by atoms with Gasteiger partial charge in [0.05, 0.1) is 29.3 Å². The van der Waals surface area contributed by atoms with Gasteiger partial charge in [0.2, 0.25) is 6.41 Å². The summed E-state index contributed by atoms with van der Waals surface area (Å²) in [6.45, 7) is 2.36. The first-order chi connectivity index (χ1) is 15.5. The number of H-pyrrole nitrogens is 1. The van der Waals surface area contributed by atoms with Gasteiger partial charge in [-0.05, 0) is 32.3 Å². The molecule has 4 fully saturated rings. The number of aromatic amines is 1. The normalized spacial score (nSPS) is 23.6. The van der Waals surface area contributed by atoms with E-state index in [2.05, 4.69) is 21.0 Å². The number of carbonyl (C=O) groups excluding carboxylic acids is 1. The molecule has 32 heavy (non-hydrogen) atoms. The van der Waals surface area contributed by atoms with E-state index in [9.17, 15) is 13.7 Å². The predicted octanol–water partition coefficient (Wildman–Crippen LogP) is 2.41. The lowest BCUT2D eigenvalue weighted by molar-refractivity contribution is -0.136. The number of piperidine rings is 1. The second-order valence-electron chi connectivity index (χ2n) is 8.20. The van der Waals surface area contributed by atoms with Crippen LogP contribution in [0.2, 0.25) is 0 Å². The second kappa shape index (κ2) is 10.2. The van der Waals surface area contributed by atoms with Crippen LogP contribution in [0.15, 0.2) is 28.4 Å². The lowest BCUT2D eigenvalue weighted by Gasteiger charge is -2.55. The Bertz CT molecular complexity index is 947. The largest absolute Gasteiger partial charge is 0.358 e. The maximum Gasteiger partial charge on any atom is 0.210 e. The summed E-state index contributed by atoms with van der Waals surface area (Å²) in [4.78, 5) is 25.6. The van der Waals surface area contributed by atoms with Gasteiger partial charge in [0.15, 0.2) is 12.6 Å². The number of nitriles is 1. The molecule has 9 nitrogen and oxygen atoms in total. The smallest absolute Gasteiger partial charge is 0.210 e. The molecular formula is C21H26F2N8O. The molecule has 3 N–H and O–H groups in total. The Morgan fingerprint density at radius 3 is 2.69 bits per heavy atom. The number of nitrogens with zero attached hydrogens (tertiary/aromatic N) is 5. The second-order valence-corrected chi connectivity index (χ2v) is 8.20. The molecule has 4 aliphatic rings. The Kier molecular flexibility index (Phi) is 7.35. The van der Waals surface area contributed by atoms with Crippen molar-refractivity contribution in [3.63, 3.8) is 0 Å². The standard InChI is InChI=1S/C16H19F2N7O.C5H7N/c17-8-20-3-12(5-23-18)11-1-15(21-4-11)16(22-9-19)24-6-13-2-14(7-24)25(13)10-26;1-5(4-6)2-3-5/h1,3-5,9-10,13-14,19,21,23H,2,6-8H2;2-3H2,1H3/b12-5+,19-9?,20-3+,22-16?;. The summed E-state index contributed by atoms with van der Waals surface area (Å²) in [5.41, 5.74) is 3.11. The molecule has 2 atom stereocenters. The molecule has 2 unspecified atom stereocenters. The topological polar surface area (TPSA) is 124 Å². The molecular weight excluding hydrogens is 418 g/mol. The molecule has 1 saturated carbocycles. The van der Waals surface area contributed by atoms with Crippen molar-refractivity contribution in [1.29, 1.82) is 10.7 Å². The predicted molar refractivity (Wildman–Crippen MR) is 117 cm³/mol. The number of fused-ring (bicyclic) bond motifs is 2. The average Bonchev–Trinajstić information content (AvgIpc) is 3.36. The number of allylic oxidation sites excluding steroid dienone is 1. The average molecular weight is 444 g/mol. The van der Waals surface area contributed by atoms with Crippen LogP contribution in [-0.2, 0) is 4.79 Å². The summed E-state index contributed by atoms with van der Waals surface area (Å²) in [7, 11) is 0. The Labute approximate surface area is 185 Å². The van der Waals surface area contributed by atoms with E-state index in [4.69, 9.17) is 10.7 Å². The summed E-state index contributed by atoms with van der Waals surface area (Å²) < 4.78 is 24.7. The lowest BCUT2D eigenvalue weighted by Crippen LogP contribution is -2.68. The van der Waals surface area contributed by atoms with Crippen molar-refractivity contribution < 1.29 is 13.7 Å². The number of aromatic nitrogens is 1. The highest BCUT2D eigenvalue weighted by Gasteiger charge is 2.44. The lowest BCUT2D eigenvalue weighted by atomic mass is 9.88. The molecule has 0 radical (unpaired) electrons. The van der Waals surface area contributed by atoms with Gasteiger partial charge in [-0.25, -0.2) is 14.9 Å². The third-order valence-corrected chi connectivity index (χ3v) is 5.89. The van der Waals surface area contributed by atoms with Crippen molar-refractivity contribution in [3.8, 4) is 6.07 Å². The highest BCUT2D eigenvalue weighted by molar-refractivity contribution is 6.11. The van der Waals surface area contributed by atoms with Crippen molar-refractivity contribution >= 4 is 30.4 Å². The molecule has 5 rings (SSSR count). The fraction of sp³-hybridized carbons (Fsp3) is 0.476. The number of rotatable bonds is 7. The van der Waals surface area contributed by atoms with Gasteiger partial charge in [0.1, 0.15) is 6.34 Å². The zero-order chi connectivity index (χ0) is 23.1. The van der Waals surface area contributed by atoms with Crippen LogP contribution in [0.4, 0.5) is 8.87 Å². The van der Waals surface area contributed by atoms with E-state index in [1.165, 1.54) is 11.8 Å². The SMILES string of the molecule is CC1(C#N)CC1.N=CN=C(c1cc(C(=C/NF)/C=N/CF)c[nH]1)N1CC2CC(C1)N2C=O. The monoisotopic (exact) mass is 444 g/mol. The molecule has 1 amide bonds. The number of nitrogens with one attached hydrogen (secondary N) is 3. The number of halogens is 2. The van der Waals surface area contributed by atoms with Crippen molar-refractivity contribution in [2.75, 3.05) is 19.9 Å². The number of aliphatic imine (C=N–C) groups is 2. The van der Waals surface area contributed by atoms with Gasteiger partial charge in [0, 0.05) is 42.8 Å². The Morgan fingerprint density at radius 2 is 2.19 bits per heavy atom. The first-order valence-electron chi connectivity index (χ1n) is 10.3. The molecule has 3 aliphatic heterocycles. The third kappa shape index (κ3) is 5.19. The van der Waals surface area contributed by atoms with Crippen molar-refractivity contribution in [2.45, 2.75) is 38.3 Å². The van der Waals surface area contributed by atoms with Gasteiger partial charge < -0.3 is 14.8 Å².